The molecular formula is C73H124N18O2. The van der Waals surface area contributed by atoms with Gasteiger partial charge in [-0.3, -0.25) is 4.79 Å². The minimum atomic E-state index is -0.575. The van der Waals surface area contributed by atoms with E-state index in [9.17, 15) is 9.90 Å². The van der Waals surface area contributed by atoms with Crippen LogP contribution in [0.3, 0.4) is 0 Å². The molecule has 1 amide bonds. The number of allylic oxidation sites excluding steroid dienone is 1. The quantitative estimate of drug-likeness (QED) is 0.0771. The summed E-state index contributed by atoms with van der Waals surface area (Å²) < 4.78 is 0. The van der Waals surface area contributed by atoms with Gasteiger partial charge in [0.05, 0.1) is 52.2 Å². The van der Waals surface area contributed by atoms with Crippen LogP contribution in [0.2, 0.25) is 0 Å². The van der Waals surface area contributed by atoms with Crippen molar-refractivity contribution in [1.82, 2.24) is 64.7 Å². The molecule has 0 saturated carbocycles. The van der Waals surface area contributed by atoms with E-state index >= 15 is 0 Å². The minimum absolute atomic E-state index is 0. The standard InChI is InChI=1S/C15H25N3O.C13H21N3O.C12H21N3.2C11H17N3.C9H15N3.2CH4/c1-10(19)8-12-11(2)16-13(9-18(6)7)17-14(12)15(3,4)5;1-7(2)9-8(3)15-12(11(14)17)16-10(9)13(4,5)6;1-7(2)9-8(3)14-11(13)15-10(9)12(4,5)6;1-11(2,3)9-7-5-4-6-8(7)13-10(12)14-9;1-6-8-7(2)13-10(12)14-9(8)11(3,4)5;1-6-5-7(9(2,3)4)12-8(10)11-6;;/h19H,1,8-9H2,2-7H3;7H,1-6H3,(H2,14,17);7H,1-6H3,(H2,13,14,15);4-6H2,1-3H3,(H2,12,13,14);6H,1H2,2-5H3,(H2,12,13,14);5H,1-4H3,(H2,10,11,12);2*1H4. The van der Waals surface area contributed by atoms with Crippen molar-refractivity contribution >= 4 is 35.8 Å². The van der Waals surface area contributed by atoms with Crippen LogP contribution in [0.5, 0.6) is 0 Å². The van der Waals surface area contributed by atoms with E-state index in [1.54, 1.807) is 6.08 Å². The van der Waals surface area contributed by atoms with Crippen LogP contribution in [-0.4, -0.2) is 89.8 Å². The van der Waals surface area contributed by atoms with Crippen LogP contribution >= 0.6 is 0 Å². The molecular weight excluding hydrogens is 1160 g/mol. The highest BCUT2D eigenvalue weighted by molar-refractivity contribution is 5.89. The molecule has 20 nitrogen and oxygen atoms in total. The summed E-state index contributed by atoms with van der Waals surface area (Å²) in [5.41, 5.74) is 45.2. The van der Waals surface area contributed by atoms with Crippen LogP contribution in [-0.2, 0) is 58.3 Å². The molecule has 7 rings (SSSR count). The van der Waals surface area contributed by atoms with Gasteiger partial charge < -0.3 is 38.7 Å². The maximum Gasteiger partial charge on any atom is 0.286 e. The molecule has 518 valence electrons. The zero-order valence-electron chi connectivity index (χ0n) is 61.3. The van der Waals surface area contributed by atoms with Crippen molar-refractivity contribution in [1.29, 1.82) is 0 Å². The third kappa shape index (κ3) is 26.0. The number of nitrogens with zero attached hydrogens (tertiary/aromatic N) is 13. The number of aliphatic hydroxyl groups excluding tert-OH is 1. The second-order valence-electron chi connectivity index (χ2n) is 30.6. The number of nitrogen functional groups attached to an aromatic ring is 4. The number of anilines is 4. The van der Waals surface area contributed by atoms with Crippen molar-refractivity contribution in [2.45, 2.75) is 278 Å². The largest absolute Gasteiger partial charge is 0.513 e. The van der Waals surface area contributed by atoms with Crippen LogP contribution < -0.4 is 28.7 Å². The maximum atomic E-state index is 11.2. The lowest BCUT2D eigenvalue weighted by Crippen LogP contribution is -2.24. The summed E-state index contributed by atoms with van der Waals surface area (Å²) in [6, 6.07) is 1.97. The number of primary amides is 1. The Kier molecular flexibility index (Phi) is 31.2. The first-order chi connectivity index (χ1) is 41.2. The Morgan fingerprint density at radius 3 is 1.37 bits per heavy atom. The lowest BCUT2D eigenvalue weighted by molar-refractivity contribution is 0.0989. The fourth-order valence-corrected chi connectivity index (χ4v) is 10.3. The first-order valence-corrected chi connectivity index (χ1v) is 31.5. The van der Waals surface area contributed by atoms with E-state index in [0.717, 1.165) is 98.0 Å². The van der Waals surface area contributed by atoms with Crippen molar-refractivity contribution in [3.05, 3.63) is 133 Å². The van der Waals surface area contributed by atoms with E-state index in [-0.39, 0.29) is 58.9 Å². The number of amides is 1. The number of nitrogens with two attached hydrogens (primary N) is 5. The van der Waals surface area contributed by atoms with Gasteiger partial charge >= 0.3 is 0 Å². The van der Waals surface area contributed by atoms with Crippen molar-refractivity contribution in [3.63, 3.8) is 0 Å². The fraction of sp³-hybridized carbons (Fsp3) is 0.603. The molecule has 93 heavy (non-hydrogen) atoms. The summed E-state index contributed by atoms with van der Waals surface area (Å²) in [6.45, 7) is 64.5. The van der Waals surface area contributed by atoms with Gasteiger partial charge in [-0.2, -0.15) is 0 Å². The molecule has 6 aromatic heterocycles. The van der Waals surface area contributed by atoms with E-state index in [4.69, 9.17) is 33.7 Å². The lowest BCUT2D eigenvalue weighted by atomic mass is 9.84. The molecule has 0 bridgehead atoms. The molecule has 0 unspecified atom stereocenters. The molecule has 0 aromatic carbocycles. The van der Waals surface area contributed by atoms with Crippen LogP contribution in [0.25, 0.3) is 6.08 Å². The molecule has 0 fully saturated rings. The smallest absolute Gasteiger partial charge is 0.286 e. The Morgan fingerprint density at radius 1 is 0.538 bits per heavy atom. The van der Waals surface area contributed by atoms with Gasteiger partial charge in [-0.25, -0.2) is 59.8 Å². The van der Waals surface area contributed by atoms with Crippen LogP contribution in [0, 0.1) is 34.6 Å². The third-order valence-corrected chi connectivity index (χ3v) is 14.3. The number of fused-ring (bicyclic) bond motifs is 1. The van der Waals surface area contributed by atoms with E-state index in [2.05, 4.69) is 220 Å². The summed E-state index contributed by atoms with van der Waals surface area (Å²) in [7, 11) is 4.00. The molecule has 0 aliphatic heterocycles. The first-order valence-electron chi connectivity index (χ1n) is 31.5. The Morgan fingerprint density at radius 2 is 0.957 bits per heavy atom. The third-order valence-electron chi connectivity index (χ3n) is 14.3. The van der Waals surface area contributed by atoms with Crippen molar-refractivity contribution < 1.29 is 9.90 Å². The van der Waals surface area contributed by atoms with Crippen LogP contribution in [0.4, 0.5) is 23.8 Å². The highest BCUT2D eigenvalue weighted by atomic mass is 16.3. The lowest BCUT2D eigenvalue weighted by Gasteiger charge is -2.24. The molecule has 1 aliphatic rings. The van der Waals surface area contributed by atoms with E-state index in [0.29, 0.717) is 48.6 Å². The van der Waals surface area contributed by atoms with Gasteiger partial charge in [-0.15, -0.1) is 0 Å². The van der Waals surface area contributed by atoms with Crippen molar-refractivity contribution in [2.75, 3.05) is 37.0 Å². The number of aryl methyl sites for hydroxylation is 6. The number of hydrogen-bond acceptors (Lipinski definition) is 19. The van der Waals surface area contributed by atoms with Crippen LogP contribution in [0.15, 0.2) is 25.0 Å². The number of aromatic nitrogens is 12. The Balaban J connectivity index is 0.00000109. The van der Waals surface area contributed by atoms with E-state index in [1.807, 2.05) is 59.7 Å². The number of carbonyl (C=O) groups excluding carboxylic acids is 1. The SMILES string of the molecule is C.C.C=C(O)Cc1c(C)nc(CN(C)C)nc1C(C)(C)C.C=Cc1c(C)nc(N)nc1C(C)(C)C.CC(C)(C)c1nc(N)nc2c1CCC2.Cc1cc(C(C)(C)C)nc(N)n1.Cc1nc(C(N)=O)nc(C(C)(C)C)c1C(C)C.Cc1nc(N)nc(C(C)(C)C)c1C(C)C. The molecule has 11 N–H and O–H groups in total. The second-order valence-corrected chi connectivity index (χ2v) is 30.6. The minimum Gasteiger partial charge on any atom is -0.513 e. The van der Waals surface area contributed by atoms with Gasteiger partial charge in [0.25, 0.3) is 5.91 Å². The second kappa shape index (κ2) is 34.0. The predicted molar refractivity (Wildman–Crippen MR) is 391 cm³/mol. The zero-order chi connectivity index (χ0) is 70.6. The first kappa shape index (κ1) is 85.4. The van der Waals surface area contributed by atoms with Gasteiger partial charge in [0.2, 0.25) is 29.6 Å². The van der Waals surface area contributed by atoms with Crippen molar-refractivity contribution in [2.24, 2.45) is 5.73 Å². The summed E-state index contributed by atoms with van der Waals surface area (Å²) in [4.78, 5) is 64.9. The Labute approximate surface area is 561 Å². The van der Waals surface area contributed by atoms with Gasteiger partial charge in [0, 0.05) is 78.5 Å². The molecule has 6 heterocycles. The maximum absolute atomic E-state index is 11.2. The summed E-state index contributed by atoms with van der Waals surface area (Å²) in [5.74, 6) is 2.75. The van der Waals surface area contributed by atoms with Gasteiger partial charge in [0.15, 0.2) is 0 Å². The van der Waals surface area contributed by atoms with Gasteiger partial charge in [-0.05, 0) is 103 Å². The molecule has 6 aromatic rings. The topological polar surface area (TPSA) is 325 Å². The summed E-state index contributed by atoms with van der Waals surface area (Å²) in [5, 5.41) is 9.48. The molecule has 0 atom stereocenters. The number of rotatable bonds is 8. The van der Waals surface area contributed by atoms with Crippen molar-refractivity contribution in [3.8, 4) is 0 Å². The average Bonchev–Trinajstić information content (AvgIpc) is 1.57. The highest BCUT2D eigenvalue weighted by Crippen LogP contribution is 2.35. The highest BCUT2D eigenvalue weighted by Gasteiger charge is 2.29. The van der Waals surface area contributed by atoms with E-state index in [1.165, 1.54) is 23.2 Å². The number of aliphatic hydroxyl groups is 1. The molecule has 1 aliphatic carbocycles. The summed E-state index contributed by atoms with van der Waals surface area (Å²) in [6.07, 6.45) is 5.57. The normalized spacial score (nSPS) is 12.2. The van der Waals surface area contributed by atoms with Gasteiger partial charge in [-0.1, -0.05) is 186 Å². The van der Waals surface area contributed by atoms with Gasteiger partial charge in [0.1, 0.15) is 5.82 Å². The Hall–Kier alpha value is -7.61. The number of hydrogen-bond donors (Lipinski definition) is 6. The molecule has 20 heteroatoms. The zero-order valence-corrected chi connectivity index (χ0v) is 61.3. The Bertz CT molecular complexity index is 3450. The van der Waals surface area contributed by atoms with E-state index < -0.39 is 5.91 Å². The van der Waals surface area contributed by atoms with Crippen LogP contribution in [0.1, 0.15) is 298 Å². The molecule has 0 spiro atoms. The molecule has 0 radical (unpaired) electrons. The molecule has 0 saturated heterocycles. The summed E-state index contributed by atoms with van der Waals surface area (Å²) >= 11 is 0. The predicted octanol–water partition coefficient (Wildman–Crippen LogP) is 14.9. The number of carbonyl (C=O) groups is 1. The fourth-order valence-electron chi connectivity index (χ4n) is 10.3. The average molecular weight is 1290 g/mol. The monoisotopic (exact) mass is 1290 g/mol.